The molecule has 3 aliphatic carbocycles. The highest BCUT2D eigenvalue weighted by atomic mass is 16.3. The van der Waals surface area contributed by atoms with Crippen molar-refractivity contribution in [3.63, 3.8) is 0 Å². The van der Waals surface area contributed by atoms with Crippen molar-refractivity contribution >= 4 is 34.8 Å². The Kier molecular flexibility index (Phi) is 6.05. The van der Waals surface area contributed by atoms with E-state index in [4.69, 9.17) is 5.73 Å². The lowest BCUT2D eigenvalue weighted by molar-refractivity contribution is -0.153. The number of rotatable bonds is 5. The zero-order valence-electron chi connectivity index (χ0n) is 20.0. The highest BCUT2D eigenvalue weighted by molar-refractivity contribution is 6.24. The standard InChI is InChI=1S/C24H28N4O8/c1-26-13(29)8-27-12-5-4-9-6-10-7-11-17(28(2)3)20(32)16(23(25)35)22(34)24(11,36)21(33)15(10)19(31)14(9)18(12)30/h4-5,10-11,17,27,30-31,34,36H,6-8H2,1-3H3,(H2,25,35)(H,26,29)/t10-,11-,17+,24-/m1/s1. The van der Waals surface area contributed by atoms with Crippen LogP contribution < -0.4 is 16.4 Å². The van der Waals surface area contributed by atoms with Gasteiger partial charge in [-0.15, -0.1) is 0 Å². The second-order valence-corrected chi connectivity index (χ2v) is 9.48. The van der Waals surface area contributed by atoms with Crippen LogP contribution in [0.2, 0.25) is 0 Å². The first kappa shape index (κ1) is 25.2. The van der Waals surface area contributed by atoms with Crippen LogP contribution in [0.15, 0.2) is 29.0 Å². The van der Waals surface area contributed by atoms with E-state index in [0.29, 0.717) is 5.56 Å². The Morgan fingerprint density at radius 3 is 2.44 bits per heavy atom. The zero-order valence-corrected chi connectivity index (χ0v) is 20.0. The van der Waals surface area contributed by atoms with Gasteiger partial charge in [0.25, 0.3) is 5.91 Å². The molecule has 1 aromatic carbocycles. The largest absolute Gasteiger partial charge is 0.508 e. The molecule has 192 valence electrons. The Morgan fingerprint density at radius 2 is 1.86 bits per heavy atom. The molecule has 0 heterocycles. The first-order chi connectivity index (χ1) is 16.9. The number of carbonyl (C=O) groups excluding carboxylic acids is 4. The summed E-state index contributed by atoms with van der Waals surface area (Å²) in [5.74, 6) is -7.41. The minimum Gasteiger partial charge on any atom is -0.508 e. The molecule has 0 bridgehead atoms. The van der Waals surface area contributed by atoms with Gasteiger partial charge in [0.15, 0.2) is 11.4 Å². The topological polar surface area (TPSA) is 203 Å². The fourth-order valence-electron chi connectivity index (χ4n) is 5.63. The summed E-state index contributed by atoms with van der Waals surface area (Å²) in [6, 6.07) is 2.04. The molecule has 3 aliphatic rings. The van der Waals surface area contributed by atoms with Crippen LogP contribution in [0.25, 0.3) is 5.76 Å². The number of Topliss-reactive ketones (excluding diaryl/α,β-unsaturated/α-hetero) is 2. The molecule has 12 nitrogen and oxygen atoms in total. The van der Waals surface area contributed by atoms with E-state index in [-0.39, 0.29) is 42.1 Å². The lowest BCUT2D eigenvalue weighted by Gasteiger charge is -2.50. The number of nitrogens with zero attached hydrogens (tertiary/aromatic N) is 1. The number of aliphatic hydroxyl groups excluding tert-OH is 2. The van der Waals surface area contributed by atoms with E-state index in [1.165, 1.54) is 18.0 Å². The van der Waals surface area contributed by atoms with Crippen molar-refractivity contribution in [2.75, 3.05) is 33.0 Å². The van der Waals surface area contributed by atoms with Gasteiger partial charge in [0.1, 0.15) is 22.8 Å². The van der Waals surface area contributed by atoms with E-state index < -0.39 is 63.8 Å². The molecule has 0 spiro atoms. The minimum atomic E-state index is -2.69. The van der Waals surface area contributed by atoms with Gasteiger partial charge in [0, 0.05) is 18.5 Å². The number of phenols is 1. The molecule has 0 radical (unpaired) electrons. The summed E-state index contributed by atoms with van der Waals surface area (Å²) in [6.07, 6.45) is 0.209. The molecule has 0 aliphatic heterocycles. The third-order valence-corrected chi connectivity index (χ3v) is 7.31. The SMILES string of the molecule is CNC(=O)CNc1ccc2c(c1O)C(O)=C1C(=O)[C@@]3(O)C(O)=C(C(N)=O)C(=O)[C@@H](N(C)C)[C@H]3C[C@H]1C2. The third kappa shape index (κ3) is 3.44. The monoisotopic (exact) mass is 500 g/mol. The van der Waals surface area contributed by atoms with Gasteiger partial charge >= 0.3 is 0 Å². The number of hydrogen-bond donors (Lipinski definition) is 7. The van der Waals surface area contributed by atoms with Crippen molar-refractivity contribution in [2.24, 2.45) is 17.6 Å². The molecule has 1 saturated carbocycles. The summed E-state index contributed by atoms with van der Waals surface area (Å²) in [6.45, 7) is -0.155. The summed E-state index contributed by atoms with van der Waals surface area (Å²) >= 11 is 0. The first-order valence-electron chi connectivity index (χ1n) is 11.3. The number of nitrogens with one attached hydrogen (secondary N) is 2. The van der Waals surface area contributed by atoms with Crippen molar-refractivity contribution in [3.8, 4) is 5.75 Å². The van der Waals surface area contributed by atoms with Gasteiger partial charge in [-0.1, -0.05) is 6.07 Å². The number of likely N-dealkylation sites (N-methyl/N-ethyl adjacent to an activating group) is 2. The number of benzene rings is 1. The number of nitrogens with two attached hydrogens (primary N) is 1. The second-order valence-electron chi connectivity index (χ2n) is 9.48. The molecule has 4 atom stereocenters. The summed E-state index contributed by atoms with van der Waals surface area (Å²) in [5.41, 5.74) is 2.13. The smallest absolute Gasteiger partial charge is 0.255 e. The van der Waals surface area contributed by atoms with Crippen LogP contribution in [0.1, 0.15) is 17.5 Å². The van der Waals surface area contributed by atoms with Gasteiger partial charge < -0.3 is 36.8 Å². The number of carbonyl (C=O) groups is 4. The van der Waals surface area contributed by atoms with Gasteiger partial charge in [-0.25, -0.2) is 0 Å². The third-order valence-electron chi connectivity index (χ3n) is 7.31. The Bertz CT molecular complexity index is 1270. The average Bonchev–Trinajstić information content (AvgIpc) is 2.80. The number of aliphatic hydroxyl groups is 3. The molecular formula is C24H28N4O8. The average molecular weight is 501 g/mol. The molecule has 0 unspecified atom stereocenters. The van der Waals surface area contributed by atoms with Crippen LogP contribution in [0, 0.1) is 11.8 Å². The zero-order chi connectivity index (χ0) is 26.7. The molecule has 1 aromatic rings. The Balaban J connectivity index is 1.87. The Morgan fingerprint density at radius 1 is 1.19 bits per heavy atom. The number of aromatic hydroxyl groups is 1. The fourth-order valence-corrected chi connectivity index (χ4v) is 5.63. The Hall–Kier alpha value is -3.90. The lowest BCUT2D eigenvalue weighted by atomic mass is 9.57. The molecule has 4 rings (SSSR count). The van der Waals surface area contributed by atoms with E-state index in [1.54, 1.807) is 20.2 Å². The van der Waals surface area contributed by atoms with Gasteiger partial charge in [0.2, 0.25) is 11.7 Å². The van der Waals surface area contributed by atoms with Crippen molar-refractivity contribution in [3.05, 3.63) is 40.2 Å². The van der Waals surface area contributed by atoms with Gasteiger partial charge in [-0.3, -0.25) is 24.1 Å². The maximum atomic E-state index is 13.7. The van der Waals surface area contributed by atoms with Gasteiger partial charge in [-0.05, 0) is 44.5 Å². The molecule has 1 fully saturated rings. The summed E-state index contributed by atoms with van der Waals surface area (Å²) in [5, 5.41) is 49.6. The molecular weight excluding hydrogens is 472 g/mol. The molecule has 2 amide bonds. The van der Waals surface area contributed by atoms with E-state index in [0.717, 1.165) is 0 Å². The van der Waals surface area contributed by atoms with E-state index in [2.05, 4.69) is 10.6 Å². The van der Waals surface area contributed by atoms with Gasteiger partial charge in [0.05, 0.1) is 23.8 Å². The molecule has 8 N–H and O–H groups in total. The minimum absolute atomic E-state index is 0.0171. The van der Waals surface area contributed by atoms with Crippen molar-refractivity contribution in [1.82, 2.24) is 10.2 Å². The molecule has 36 heavy (non-hydrogen) atoms. The number of fused-ring (bicyclic) bond motifs is 3. The van der Waals surface area contributed by atoms with E-state index in [1.807, 2.05) is 0 Å². The highest BCUT2D eigenvalue weighted by Gasteiger charge is 2.64. The van der Waals surface area contributed by atoms with Crippen LogP contribution in [0.3, 0.4) is 0 Å². The van der Waals surface area contributed by atoms with Crippen LogP contribution in [0.5, 0.6) is 5.75 Å². The maximum absolute atomic E-state index is 13.7. The number of hydrogen-bond acceptors (Lipinski definition) is 10. The Labute approximate surface area is 206 Å². The number of amides is 2. The molecule has 0 saturated heterocycles. The van der Waals surface area contributed by atoms with Gasteiger partial charge in [-0.2, -0.15) is 0 Å². The predicted octanol–water partition coefficient (Wildman–Crippen LogP) is -0.878. The number of anilines is 1. The molecule has 12 heteroatoms. The first-order valence-corrected chi connectivity index (χ1v) is 11.3. The summed E-state index contributed by atoms with van der Waals surface area (Å²) in [4.78, 5) is 51.8. The number of primary amides is 1. The summed E-state index contributed by atoms with van der Waals surface area (Å²) < 4.78 is 0. The van der Waals surface area contributed by atoms with E-state index >= 15 is 0 Å². The van der Waals surface area contributed by atoms with Crippen LogP contribution in [-0.4, -0.2) is 88.0 Å². The number of ketones is 2. The predicted molar refractivity (Wildman–Crippen MR) is 127 cm³/mol. The highest BCUT2D eigenvalue weighted by Crippen LogP contribution is 2.53. The quantitative estimate of drug-likeness (QED) is 0.197. The number of phenolic OH excluding ortho intramolecular Hbond substituents is 1. The fraction of sp³-hybridized carbons (Fsp3) is 0.417. The maximum Gasteiger partial charge on any atom is 0.255 e. The second kappa shape index (κ2) is 8.64. The van der Waals surface area contributed by atoms with Crippen molar-refractivity contribution in [2.45, 2.75) is 24.5 Å². The van der Waals surface area contributed by atoms with Crippen molar-refractivity contribution < 1.29 is 39.6 Å². The van der Waals surface area contributed by atoms with E-state index in [9.17, 15) is 39.6 Å². The van der Waals surface area contributed by atoms with Crippen LogP contribution in [-0.2, 0) is 25.6 Å². The van der Waals surface area contributed by atoms with Crippen LogP contribution in [0.4, 0.5) is 5.69 Å². The van der Waals surface area contributed by atoms with Crippen LogP contribution >= 0.6 is 0 Å². The summed E-state index contributed by atoms with van der Waals surface area (Å²) in [7, 11) is 4.53. The lowest BCUT2D eigenvalue weighted by Crippen LogP contribution is -2.65. The van der Waals surface area contributed by atoms with Crippen molar-refractivity contribution in [1.29, 1.82) is 0 Å². The molecule has 0 aromatic heterocycles. The normalized spacial score (nSPS) is 27.4.